The standard InChI is InChI=1S/C19H19N3O2S/c1-14-7-6-10-18(15(14)2)21-16-11-12-19(20-13-16)22-25(23,24)17-8-4-3-5-9-17/h3-13,21H,1-2H3,(H,20,22). The molecular formula is C19H19N3O2S. The Morgan fingerprint density at radius 3 is 2.32 bits per heavy atom. The van der Waals surface area contributed by atoms with Gasteiger partial charge >= 0.3 is 0 Å². The van der Waals surface area contributed by atoms with Crippen molar-refractivity contribution in [2.24, 2.45) is 0 Å². The van der Waals surface area contributed by atoms with E-state index in [4.69, 9.17) is 0 Å². The third-order valence-electron chi connectivity index (χ3n) is 3.94. The lowest BCUT2D eigenvalue weighted by Crippen LogP contribution is -2.13. The Kier molecular flexibility index (Phi) is 4.72. The molecule has 128 valence electrons. The van der Waals surface area contributed by atoms with Gasteiger partial charge in [0.1, 0.15) is 5.82 Å². The molecule has 0 fully saturated rings. The average Bonchev–Trinajstić information content (AvgIpc) is 2.61. The highest BCUT2D eigenvalue weighted by Crippen LogP contribution is 2.23. The predicted octanol–water partition coefficient (Wildman–Crippen LogP) is 4.24. The van der Waals surface area contributed by atoms with E-state index in [9.17, 15) is 8.42 Å². The number of nitrogens with one attached hydrogen (secondary N) is 2. The third kappa shape index (κ3) is 3.97. The summed E-state index contributed by atoms with van der Waals surface area (Å²) in [7, 11) is -3.63. The normalized spacial score (nSPS) is 11.1. The maximum absolute atomic E-state index is 12.3. The van der Waals surface area contributed by atoms with Crippen molar-refractivity contribution in [1.82, 2.24) is 4.98 Å². The number of aromatic nitrogens is 1. The van der Waals surface area contributed by atoms with Crippen LogP contribution in [0, 0.1) is 13.8 Å². The van der Waals surface area contributed by atoms with Gasteiger partial charge in [0.15, 0.2) is 0 Å². The quantitative estimate of drug-likeness (QED) is 0.719. The van der Waals surface area contributed by atoms with Crippen molar-refractivity contribution < 1.29 is 8.42 Å². The topological polar surface area (TPSA) is 71.1 Å². The Bertz CT molecular complexity index is 969. The maximum Gasteiger partial charge on any atom is 0.263 e. The van der Waals surface area contributed by atoms with Gasteiger partial charge in [-0.1, -0.05) is 30.3 Å². The largest absolute Gasteiger partial charge is 0.354 e. The highest BCUT2D eigenvalue weighted by molar-refractivity contribution is 7.92. The minimum atomic E-state index is -3.63. The molecule has 0 radical (unpaired) electrons. The molecule has 5 nitrogen and oxygen atoms in total. The number of sulfonamides is 1. The number of rotatable bonds is 5. The van der Waals surface area contributed by atoms with Gasteiger partial charge in [-0.05, 0) is 55.3 Å². The average molecular weight is 353 g/mol. The highest BCUT2D eigenvalue weighted by atomic mass is 32.2. The number of hydrogen-bond donors (Lipinski definition) is 2. The van der Waals surface area contributed by atoms with Gasteiger partial charge in [-0.25, -0.2) is 13.4 Å². The molecule has 25 heavy (non-hydrogen) atoms. The fourth-order valence-electron chi connectivity index (χ4n) is 2.37. The zero-order valence-electron chi connectivity index (χ0n) is 14.0. The first-order valence-corrected chi connectivity index (χ1v) is 9.31. The van der Waals surface area contributed by atoms with Crippen LogP contribution in [0.15, 0.2) is 71.8 Å². The molecule has 0 aliphatic heterocycles. The summed E-state index contributed by atoms with van der Waals surface area (Å²) < 4.78 is 27.1. The Morgan fingerprint density at radius 2 is 1.64 bits per heavy atom. The Labute approximate surface area is 147 Å². The molecule has 0 unspecified atom stereocenters. The molecule has 6 heteroatoms. The van der Waals surface area contributed by atoms with Crippen molar-refractivity contribution in [3.63, 3.8) is 0 Å². The smallest absolute Gasteiger partial charge is 0.263 e. The number of benzene rings is 2. The molecule has 0 aliphatic carbocycles. The van der Waals surface area contributed by atoms with Gasteiger partial charge in [0, 0.05) is 5.69 Å². The molecule has 0 saturated heterocycles. The van der Waals surface area contributed by atoms with E-state index in [1.807, 2.05) is 19.1 Å². The van der Waals surface area contributed by atoms with Crippen LogP contribution in [0.5, 0.6) is 0 Å². The van der Waals surface area contributed by atoms with E-state index in [0.717, 1.165) is 16.9 Å². The van der Waals surface area contributed by atoms with Crippen molar-refractivity contribution >= 4 is 27.2 Å². The van der Waals surface area contributed by atoms with E-state index in [1.54, 1.807) is 48.7 Å². The highest BCUT2D eigenvalue weighted by Gasteiger charge is 2.14. The van der Waals surface area contributed by atoms with Crippen LogP contribution in [0.3, 0.4) is 0 Å². The molecule has 0 spiro atoms. The molecule has 0 saturated carbocycles. The summed E-state index contributed by atoms with van der Waals surface area (Å²) in [4.78, 5) is 4.39. The van der Waals surface area contributed by atoms with Crippen LogP contribution < -0.4 is 10.0 Å². The lowest BCUT2D eigenvalue weighted by Gasteiger charge is -2.12. The van der Waals surface area contributed by atoms with Crippen molar-refractivity contribution in [1.29, 1.82) is 0 Å². The van der Waals surface area contributed by atoms with Crippen molar-refractivity contribution in [2.75, 3.05) is 10.0 Å². The Hall–Kier alpha value is -2.86. The molecule has 0 atom stereocenters. The van der Waals surface area contributed by atoms with Gasteiger partial charge in [0.2, 0.25) is 0 Å². The maximum atomic E-state index is 12.3. The lowest BCUT2D eigenvalue weighted by molar-refractivity contribution is 0.601. The predicted molar refractivity (Wildman–Crippen MR) is 101 cm³/mol. The minimum Gasteiger partial charge on any atom is -0.354 e. The molecule has 3 aromatic rings. The molecule has 2 N–H and O–H groups in total. The summed E-state index contributed by atoms with van der Waals surface area (Å²) in [6, 6.07) is 17.7. The summed E-state index contributed by atoms with van der Waals surface area (Å²) in [5, 5.41) is 3.30. The second-order valence-corrected chi connectivity index (χ2v) is 7.41. The summed E-state index contributed by atoms with van der Waals surface area (Å²) >= 11 is 0. The Balaban J connectivity index is 1.76. The van der Waals surface area contributed by atoms with Gasteiger partial charge < -0.3 is 5.32 Å². The van der Waals surface area contributed by atoms with Crippen LogP contribution in [-0.4, -0.2) is 13.4 Å². The SMILES string of the molecule is Cc1cccc(Nc2ccc(NS(=O)(=O)c3ccccc3)nc2)c1C. The summed E-state index contributed by atoms with van der Waals surface area (Å²) in [5.74, 6) is 0.273. The second kappa shape index (κ2) is 6.94. The summed E-state index contributed by atoms with van der Waals surface area (Å²) in [6.07, 6.45) is 1.60. The first kappa shape index (κ1) is 17.0. The van der Waals surface area contributed by atoms with E-state index in [-0.39, 0.29) is 10.7 Å². The van der Waals surface area contributed by atoms with E-state index in [2.05, 4.69) is 28.0 Å². The number of nitrogens with zero attached hydrogens (tertiary/aromatic N) is 1. The molecule has 0 bridgehead atoms. The van der Waals surface area contributed by atoms with Crippen molar-refractivity contribution in [3.8, 4) is 0 Å². The molecule has 1 heterocycles. The number of hydrogen-bond acceptors (Lipinski definition) is 4. The fraction of sp³-hybridized carbons (Fsp3) is 0.105. The van der Waals surface area contributed by atoms with Gasteiger partial charge in [0.25, 0.3) is 10.0 Å². The van der Waals surface area contributed by atoms with Crippen LogP contribution in [0.1, 0.15) is 11.1 Å². The van der Waals surface area contributed by atoms with Crippen molar-refractivity contribution in [3.05, 3.63) is 78.0 Å². The lowest BCUT2D eigenvalue weighted by atomic mass is 10.1. The first-order chi connectivity index (χ1) is 12.0. The van der Waals surface area contributed by atoms with Crippen molar-refractivity contribution in [2.45, 2.75) is 18.7 Å². The van der Waals surface area contributed by atoms with Gasteiger partial charge in [0.05, 0.1) is 16.8 Å². The minimum absolute atomic E-state index is 0.203. The van der Waals surface area contributed by atoms with E-state index >= 15 is 0 Å². The number of aryl methyl sites for hydroxylation is 1. The Morgan fingerprint density at radius 1 is 0.880 bits per heavy atom. The monoisotopic (exact) mass is 353 g/mol. The van der Waals surface area contributed by atoms with Crippen LogP contribution in [0.2, 0.25) is 0 Å². The zero-order chi connectivity index (χ0) is 17.9. The summed E-state index contributed by atoms with van der Waals surface area (Å²) in [6.45, 7) is 4.10. The van der Waals surface area contributed by atoms with Gasteiger partial charge in [-0.15, -0.1) is 0 Å². The molecule has 3 rings (SSSR count). The van der Waals surface area contributed by atoms with Crippen LogP contribution in [0.4, 0.5) is 17.2 Å². The van der Waals surface area contributed by atoms with Crippen LogP contribution >= 0.6 is 0 Å². The fourth-order valence-corrected chi connectivity index (χ4v) is 3.40. The molecule has 1 aromatic heterocycles. The van der Waals surface area contributed by atoms with Crippen LogP contribution in [0.25, 0.3) is 0 Å². The van der Waals surface area contributed by atoms with Gasteiger partial charge in [-0.3, -0.25) is 4.72 Å². The number of pyridine rings is 1. The summed E-state index contributed by atoms with van der Waals surface area (Å²) in [5.41, 5.74) is 4.15. The van der Waals surface area contributed by atoms with Gasteiger partial charge in [-0.2, -0.15) is 0 Å². The van der Waals surface area contributed by atoms with E-state index in [1.165, 1.54) is 5.56 Å². The molecule has 0 amide bonds. The second-order valence-electron chi connectivity index (χ2n) is 5.72. The molecular weight excluding hydrogens is 334 g/mol. The molecule has 2 aromatic carbocycles. The van der Waals surface area contributed by atoms with E-state index < -0.39 is 10.0 Å². The molecule has 0 aliphatic rings. The first-order valence-electron chi connectivity index (χ1n) is 7.83. The van der Waals surface area contributed by atoms with Crippen LogP contribution in [-0.2, 0) is 10.0 Å². The number of anilines is 3. The van der Waals surface area contributed by atoms with E-state index in [0.29, 0.717) is 0 Å². The third-order valence-corrected chi connectivity index (χ3v) is 5.31. The zero-order valence-corrected chi connectivity index (χ0v) is 14.8.